The van der Waals surface area contributed by atoms with E-state index < -0.39 is 0 Å². The molecule has 1 aromatic rings. The number of hydrogen-bond donors (Lipinski definition) is 2. The normalized spacial score (nSPS) is 19.5. The van der Waals surface area contributed by atoms with E-state index in [1.165, 1.54) is 43.2 Å². The van der Waals surface area contributed by atoms with E-state index >= 15 is 0 Å². The quantitative estimate of drug-likeness (QED) is 0.465. The summed E-state index contributed by atoms with van der Waals surface area (Å²) < 4.78 is 0. The molecule has 2 heteroatoms. The molecule has 0 heterocycles. The molecule has 3 N–H and O–H groups in total. The maximum Gasteiger partial charge on any atom is 0.0344 e. The Morgan fingerprint density at radius 2 is 1.90 bits per heavy atom. The summed E-state index contributed by atoms with van der Waals surface area (Å²) in [5, 5.41) is 0. The molecule has 0 spiro atoms. The van der Waals surface area contributed by atoms with Gasteiger partial charge in [0.05, 0.1) is 0 Å². The second-order valence-corrected chi connectivity index (χ2v) is 6.11. The Morgan fingerprint density at radius 3 is 2.45 bits per heavy atom. The second-order valence-electron chi connectivity index (χ2n) is 6.11. The average molecular weight is 272 g/mol. The van der Waals surface area contributed by atoms with Gasteiger partial charge in [0.1, 0.15) is 0 Å². The lowest BCUT2D eigenvalue weighted by atomic mass is 9.63. The smallest absolute Gasteiger partial charge is 0.0344 e. The van der Waals surface area contributed by atoms with E-state index in [4.69, 9.17) is 5.84 Å². The molecule has 0 radical (unpaired) electrons. The molecule has 1 aromatic carbocycles. The topological polar surface area (TPSA) is 38.0 Å². The molecular formula is C18H28N2. The monoisotopic (exact) mass is 272 g/mol. The maximum absolute atomic E-state index is 5.94. The minimum Gasteiger partial charge on any atom is -0.271 e. The molecule has 1 aliphatic carbocycles. The van der Waals surface area contributed by atoms with E-state index in [0.29, 0.717) is 0 Å². The molecule has 0 saturated heterocycles. The summed E-state index contributed by atoms with van der Waals surface area (Å²) in [6.07, 6.45) is 8.40. The highest BCUT2D eigenvalue weighted by atomic mass is 15.2. The number of hydrogen-bond acceptors (Lipinski definition) is 2. The van der Waals surface area contributed by atoms with Gasteiger partial charge in [-0.15, -0.1) is 0 Å². The van der Waals surface area contributed by atoms with Gasteiger partial charge in [-0.3, -0.25) is 11.3 Å². The van der Waals surface area contributed by atoms with Crippen LogP contribution in [0.25, 0.3) is 0 Å². The largest absolute Gasteiger partial charge is 0.271 e. The Labute approximate surface area is 123 Å². The first kappa shape index (κ1) is 15.3. The van der Waals surface area contributed by atoms with Crippen LogP contribution in [0.1, 0.15) is 57.4 Å². The van der Waals surface area contributed by atoms with Crippen LogP contribution in [0.2, 0.25) is 0 Å². The van der Waals surface area contributed by atoms with Crippen molar-refractivity contribution in [2.75, 3.05) is 0 Å². The molecule has 0 bridgehead atoms. The fourth-order valence-corrected chi connectivity index (χ4v) is 3.64. The molecule has 1 unspecified atom stereocenters. The molecule has 2 rings (SSSR count). The van der Waals surface area contributed by atoms with Gasteiger partial charge in [-0.2, -0.15) is 0 Å². The highest BCUT2D eigenvalue weighted by molar-refractivity contribution is 5.29. The van der Waals surface area contributed by atoms with Gasteiger partial charge in [0.15, 0.2) is 0 Å². The van der Waals surface area contributed by atoms with E-state index in [2.05, 4.69) is 49.3 Å². The van der Waals surface area contributed by atoms with Gasteiger partial charge in [0, 0.05) is 11.5 Å². The van der Waals surface area contributed by atoms with Crippen LogP contribution < -0.4 is 11.3 Å². The van der Waals surface area contributed by atoms with Crippen LogP contribution in [0.5, 0.6) is 0 Å². The second kappa shape index (κ2) is 7.05. The summed E-state index contributed by atoms with van der Waals surface area (Å²) in [4.78, 5) is 0. The minimum atomic E-state index is 0.173. The van der Waals surface area contributed by atoms with Crippen molar-refractivity contribution < 1.29 is 0 Å². The first-order valence-electron chi connectivity index (χ1n) is 7.91. The molecule has 0 aliphatic heterocycles. The highest BCUT2D eigenvalue weighted by Gasteiger charge is 2.40. The summed E-state index contributed by atoms with van der Waals surface area (Å²) in [5.74, 6) is 5.94. The van der Waals surface area contributed by atoms with E-state index in [0.717, 1.165) is 12.8 Å². The predicted molar refractivity (Wildman–Crippen MR) is 86.4 cm³/mol. The zero-order valence-electron chi connectivity index (χ0n) is 12.7. The Balaban J connectivity index is 2.32. The molecule has 0 amide bonds. The number of nitrogens with one attached hydrogen (secondary N) is 1. The third-order valence-corrected chi connectivity index (χ3v) is 4.96. The maximum atomic E-state index is 5.94. The van der Waals surface area contributed by atoms with Crippen LogP contribution in [0.15, 0.2) is 42.5 Å². The van der Waals surface area contributed by atoms with Crippen molar-refractivity contribution in [3.63, 3.8) is 0 Å². The average Bonchev–Trinajstić information content (AvgIpc) is 2.53. The highest BCUT2D eigenvalue weighted by Crippen LogP contribution is 2.43. The van der Waals surface area contributed by atoms with Crippen LogP contribution in [0.4, 0.5) is 0 Å². The van der Waals surface area contributed by atoms with E-state index in [1.807, 2.05) is 0 Å². The molecule has 1 fully saturated rings. The SMILES string of the molecule is C=C(CC)CC(NN)C1(c2ccccc2)CCCCC1. The standard InChI is InChI=1S/C18H28N2/c1-3-15(2)14-17(20-19)18(12-8-5-9-13-18)16-10-6-4-7-11-16/h4,6-7,10-11,17,20H,2-3,5,8-9,12-14,19H2,1H3. The Bertz CT molecular complexity index is 418. The van der Waals surface area contributed by atoms with Crippen molar-refractivity contribution in [3.05, 3.63) is 48.0 Å². The lowest BCUT2D eigenvalue weighted by Crippen LogP contribution is -2.52. The Hall–Kier alpha value is -1.12. The molecule has 1 saturated carbocycles. The minimum absolute atomic E-state index is 0.173. The van der Waals surface area contributed by atoms with Gasteiger partial charge in [-0.25, -0.2) is 0 Å². The zero-order chi connectivity index (χ0) is 14.4. The van der Waals surface area contributed by atoms with Crippen LogP contribution in [0, 0.1) is 0 Å². The molecule has 20 heavy (non-hydrogen) atoms. The van der Waals surface area contributed by atoms with Crippen molar-refractivity contribution in [3.8, 4) is 0 Å². The van der Waals surface area contributed by atoms with E-state index in [9.17, 15) is 0 Å². The number of hydrazine groups is 1. The van der Waals surface area contributed by atoms with Crippen molar-refractivity contribution in [1.29, 1.82) is 0 Å². The third-order valence-electron chi connectivity index (χ3n) is 4.96. The van der Waals surface area contributed by atoms with Crippen LogP contribution >= 0.6 is 0 Å². The fraction of sp³-hybridized carbons (Fsp3) is 0.556. The fourth-order valence-electron chi connectivity index (χ4n) is 3.64. The van der Waals surface area contributed by atoms with Crippen molar-refractivity contribution >= 4 is 0 Å². The number of nitrogens with two attached hydrogens (primary N) is 1. The van der Waals surface area contributed by atoms with Gasteiger partial charge in [0.2, 0.25) is 0 Å². The molecular weight excluding hydrogens is 244 g/mol. The van der Waals surface area contributed by atoms with Crippen LogP contribution in [-0.2, 0) is 5.41 Å². The van der Waals surface area contributed by atoms with Gasteiger partial charge in [-0.05, 0) is 31.2 Å². The summed E-state index contributed by atoms with van der Waals surface area (Å²) >= 11 is 0. The van der Waals surface area contributed by atoms with Gasteiger partial charge < -0.3 is 0 Å². The van der Waals surface area contributed by atoms with Crippen LogP contribution in [0.3, 0.4) is 0 Å². The Kier molecular flexibility index (Phi) is 5.38. The van der Waals surface area contributed by atoms with Crippen molar-refractivity contribution in [2.24, 2.45) is 5.84 Å². The van der Waals surface area contributed by atoms with Gasteiger partial charge in [0.25, 0.3) is 0 Å². The summed E-state index contributed by atoms with van der Waals surface area (Å²) in [6.45, 7) is 6.36. The molecule has 1 aliphatic rings. The number of rotatable bonds is 6. The third kappa shape index (κ3) is 3.13. The molecule has 2 nitrogen and oxygen atoms in total. The number of benzene rings is 1. The zero-order valence-corrected chi connectivity index (χ0v) is 12.7. The lowest BCUT2D eigenvalue weighted by Gasteiger charge is -2.44. The first-order chi connectivity index (χ1) is 9.73. The molecule has 110 valence electrons. The van der Waals surface area contributed by atoms with Crippen molar-refractivity contribution in [1.82, 2.24) is 5.43 Å². The molecule has 1 atom stereocenters. The summed E-state index contributed by atoms with van der Waals surface area (Å²) in [6, 6.07) is 11.2. The Morgan fingerprint density at radius 1 is 1.25 bits per heavy atom. The summed E-state index contributed by atoms with van der Waals surface area (Å²) in [5.41, 5.74) is 6.01. The first-order valence-corrected chi connectivity index (χ1v) is 7.91. The van der Waals surface area contributed by atoms with E-state index in [1.54, 1.807) is 0 Å². The summed E-state index contributed by atoms with van der Waals surface area (Å²) in [7, 11) is 0. The predicted octanol–water partition coefficient (Wildman–Crippen LogP) is 4.08. The van der Waals surface area contributed by atoms with Gasteiger partial charge >= 0.3 is 0 Å². The lowest BCUT2D eigenvalue weighted by molar-refractivity contribution is 0.211. The van der Waals surface area contributed by atoms with Gasteiger partial charge in [-0.1, -0.05) is 68.7 Å². The van der Waals surface area contributed by atoms with Crippen molar-refractivity contribution in [2.45, 2.75) is 63.3 Å². The van der Waals surface area contributed by atoms with E-state index in [-0.39, 0.29) is 11.5 Å². The molecule has 0 aromatic heterocycles. The van der Waals surface area contributed by atoms with Crippen LogP contribution in [-0.4, -0.2) is 6.04 Å².